The van der Waals surface area contributed by atoms with E-state index in [-0.39, 0.29) is 24.1 Å². The molecule has 3 aromatic rings. The number of aldehydes is 1. The Hall–Kier alpha value is -4.86. The minimum Gasteiger partial charge on any atom is -0.469 e. The van der Waals surface area contributed by atoms with Crippen LogP contribution in [0.3, 0.4) is 0 Å². The van der Waals surface area contributed by atoms with Crippen molar-refractivity contribution < 1.29 is 28.7 Å². The largest absolute Gasteiger partial charge is 0.469 e. The molecule has 1 unspecified atom stereocenters. The molecular formula is C36H40N4O6. The van der Waals surface area contributed by atoms with Gasteiger partial charge in [0.05, 0.1) is 31.3 Å². The molecule has 2 aliphatic heterocycles. The summed E-state index contributed by atoms with van der Waals surface area (Å²) in [6.07, 6.45) is 8.92. The predicted octanol–water partition coefficient (Wildman–Crippen LogP) is 1.63. The Balaban J connectivity index is 1.74. The van der Waals surface area contributed by atoms with E-state index in [9.17, 15) is 19.2 Å². The van der Waals surface area contributed by atoms with Crippen LogP contribution in [0.25, 0.3) is 23.8 Å². The molecule has 5 heterocycles. The predicted molar refractivity (Wildman–Crippen MR) is 174 cm³/mol. The number of aromatic amines is 3. The number of ketones is 1. The van der Waals surface area contributed by atoms with Gasteiger partial charge in [0.25, 0.3) is 0 Å². The van der Waals surface area contributed by atoms with E-state index in [4.69, 9.17) is 9.47 Å². The second-order valence-electron chi connectivity index (χ2n) is 12.3. The summed E-state index contributed by atoms with van der Waals surface area (Å²) in [5.41, 5.74) is 8.78. The van der Waals surface area contributed by atoms with E-state index in [0.29, 0.717) is 51.5 Å². The quantitative estimate of drug-likeness (QED) is 0.178. The van der Waals surface area contributed by atoms with Crippen molar-refractivity contribution in [2.75, 3.05) is 14.2 Å². The monoisotopic (exact) mass is 624 g/mol. The van der Waals surface area contributed by atoms with E-state index < -0.39 is 17.9 Å². The fourth-order valence-corrected chi connectivity index (χ4v) is 7.62. The van der Waals surface area contributed by atoms with E-state index in [1.807, 2.05) is 32.9 Å². The third kappa shape index (κ3) is 4.69. The number of carbonyl (C=O) groups is 4. The summed E-state index contributed by atoms with van der Waals surface area (Å²) in [4.78, 5) is 62.7. The summed E-state index contributed by atoms with van der Waals surface area (Å²) in [5.74, 6) is -2.62. The molecule has 0 radical (unpaired) electrons. The highest BCUT2D eigenvalue weighted by atomic mass is 16.5. The number of hydrogen-bond donors (Lipinski definition) is 4. The van der Waals surface area contributed by atoms with Gasteiger partial charge in [0.1, 0.15) is 5.92 Å². The van der Waals surface area contributed by atoms with Gasteiger partial charge in [0.15, 0.2) is 12.1 Å². The minimum absolute atomic E-state index is 0.179. The lowest BCUT2D eigenvalue weighted by atomic mass is 9.82. The molecule has 0 saturated carbocycles. The van der Waals surface area contributed by atoms with E-state index in [2.05, 4.69) is 40.2 Å². The fourth-order valence-electron chi connectivity index (χ4n) is 7.62. The third-order valence-electron chi connectivity index (χ3n) is 10.1. The number of fused-ring (bicyclic) bond motifs is 8. The topological polar surface area (TPSA) is 146 Å². The maximum atomic E-state index is 14.1. The average molecular weight is 625 g/mol. The molecule has 0 fully saturated rings. The van der Waals surface area contributed by atoms with Crippen molar-refractivity contribution in [3.63, 3.8) is 0 Å². The van der Waals surface area contributed by atoms with Crippen molar-refractivity contribution in [2.24, 2.45) is 11.8 Å². The third-order valence-corrected chi connectivity index (χ3v) is 10.1. The summed E-state index contributed by atoms with van der Waals surface area (Å²) in [5, 5.41) is 6.77. The zero-order valence-electron chi connectivity index (χ0n) is 27.3. The first kappa shape index (κ1) is 31.1. The average Bonchev–Trinajstić information content (AvgIpc) is 3.79. The fraction of sp³-hybridized carbons (Fsp3) is 0.389. The van der Waals surface area contributed by atoms with Gasteiger partial charge >= 0.3 is 11.9 Å². The Morgan fingerprint density at radius 3 is 2.22 bits per heavy atom. The maximum Gasteiger partial charge on any atom is 0.320 e. The Kier molecular flexibility index (Phi) is 8.00. The van der Waals surface area contributed by atoms with Crippen molar-refractivity contribution in [3.8, 4) is 0 Å². The van der Waals surface area contributed by atoms with E-state index in [1.54, 1.807) is 0 Å². The molecule has 0 spiro atoms. The van der Waals surface area contributed by atoms with Gasteiger partial charge in [-0.05, 0) is 91.7 Å². The van der Waals surface area contributed by atoms with E-state index in [1.165, 1.54) is 14.2 Å². The maximum absolute atomic E-state index is 14.1. The second kappa shape index (κ2) is 11.8. The number of rotatable bonds is 7. The minimum atomic E-state index is -1.13. The normalized spacial score (nSPS) is 22.0. The van der Waals surface area contributed by atoms with Crippen LogP contribution >= 0.6 is 0 Å². The highest BCUT2D eigenvalue weighted by molar-refractivity contribution is 6.19. The van der Waals surface area contributed by atoms with Gasteiger partial charge in [-0.2, -0.15) is 0 Å². The molecule has 3 aromatic heterocycles. The summed E-state index contributed by atoms with van der Waals surface area (Å²) in [6.45, 7) is 10.1. The van der Waals surface area contributed by atoms with Gasteiger partial charge in [0.2, 0.25) is 0 Å². The number of ether oxygens (including phenoxy) is 2. The van der Waals surface area contributed by atoms with Gasteiger partial charge in [-0.25, -0.2) is 0 Å². The summed E-state index contributed by atoms with van der Waals surface area (Å²) < 4.78 is 10.2. The number of allylic oxidation sites excluding steroid dienone is 1. The van der Waals surface area contributed by atoms with Crippen LogP contribution in [-0.4, -0.2) is 59.2 Å². The van der Waals surface area contributed by atoms with Gasteiger partial charge in [-0.1, -0.05) is 13.8 Å². The Labute approximate surface area is 266 Å². The number of hydrogen-bond acceptors (Lipinski definition) is 7. The van der Waals surface area contributed by atoms with E-state index in [0.717, 1.165) is 57.1 Å². The molecule has 6 rings (SSSR count). The summed E-state index contributed by atoms with van der Waals surface area (Å²) in [7, 11) is 2.66. The highest BCUT2D eigenvalue weighted by Gasteiger charge is 2.47. The van der Waals surface area contributed by atoms with Gasteiger partial charge < -0.3 is 29.7 Å². The summed E-state index contributed by atoms with van der Waals surface area (Å²) >= 11 is 0. The Bertz CT molecular complexity index is 2100. The zero-order valence-corrected chi connectivity index (χ0v) is 27.3. The number of Topliss-reactive ketones (excluding diaryl/α,β-unsaturated/α-hetero) is 1. The van der Waals surface area contributed by atoms with Gasteiger partial charge in [-0.3, -0.25) is 19.2 Å². The second-order valence-corrected chi connectivity index (χ2v) is 12.3. The van der Waals surface area contributed by atoms with Crippen molar-refractivity contribution in [1.82, 2.24) is 20.3 Å². The highest BCUT2D eigenvalue weighted by Crippen LogP contribution is 2.39. The van der Waals surface area contributed by atoms with Crippen LogP contribution in [0.5, 0.6) is 0 Å². The number of esters is 2. The molecule has 3 atom stereocenters. The van der Waals surface area contributed by atoms with Crippen LogP contribution in [0.1, 0.15) is 88.0 Å². The molecule has 8 bridgehead atoms. The molecule has 0 amide bonds. The molecule has 0 saturated heterocycles. The first-order chi connectivity index (χ1) is 22.1. The van der Waals surface area contributed by atoms with Crippen LogP contribution in [0.2, 0.25) is 0 Å². The molecule has 10 heteroatoms. The lowest BCUT2D eigenvalue weighted by molar-refractivity contribution is -0.142. The summed E-state index contributed by atoms with van der Waals surface area (Å²) in [6, 6.07) is -0.471. The molecule has 3 aliphatic rings. The Morgan fingerprint density at radius 1 is 0.870 bits per heavy atom. The number of H-pyrrole nitrogens is 3. The molecule has 4 N–H and O–H groups in total. The molecular weight excluding hydrogens is 584 g/mol. The first-order valence-electron chi connectivity index (χ1n) is 15.8. The lowest BCUT2D eigenvalue weighted by Crippen LogP contribution is -2.39. The van der Waals surface area contributed by atoms with Crippen LogP contribution in [0.4, 0.5) is 0 Å². The van der Waals surface area contributed by atoms with Crippen LogP contribution in [0, 0.1) is 25.7 Å². The number of aromatic nitrogens is 3. The van der Waals surface area contributed by atoms with Crippen molar-refractivity contribution in [3.05, 3.63) is 77.4 Å². The molecule has 1 aliphatic carbocycles. The van der Waals surface area contributed by atoms with Crippen LogP contribution in [-0.2, 0) is 31.9 Å². The van der Waals surface area contributed by atoms with Crippen molar-refractivity contribution >= 4 is 47.8 Å². The van der Waals surface area contributed by atoms with Crippen molar-refractivity contribution in [1.29, 1.82) is 0 Å². The molecule has 46 heavy (non-hydrogen) atoms. The van der Waals surface area contributed by atoms with E-state index >= 15 is 0 Å². The van der Waals surface area contributed by atoms with Crippen LogP contribution < -0.4 is 26.7 Å². The lowest BCUT2D eigenvalue weighted by Gasteiger charge is -2.25. The van der Waals surface area contributed by atoms with Crippen LogP contribution in [0.15, 0.2) is 11.3 Å². The molecule has 10 nitrogen and oxygen atoms in total. The molecule has 240 valence electrons. The first-order valence-corrected chi connectivity index (χ1v) is 15.8. The van der Waals surface area contributed by atoms with Crippen molar-refractivity contribution in [2.45, 2.75) is 66.3 Å². The zero-order chi connectivity index (χ0) is 33.0. The Morgan fingerprint density at radius 2 is 1.57 bits per heavy atom. The number of methoxy groups -OCH3 is 2. The standard InChI is InChI=1S/C36H40N4O6/c1-8-19-16(3)23-12-24-17(4)21(10-11-29(42)45-6)33(39-24)31-32(36(44)46-7)35(43)30-18(5)25(40-34(30)31)13-27-20(9-2)22(15-41)28(38-27)14-26(19)37-23/h12-15,21,32-33,37-40H,8-11H2,1-7H3/b23-12-,25-13-,26-14-/t21-,32+,33?/m0/s1. The number of nitrogens with one attached hydrogen (secondary N) is 4. The number of carbonyl (C=O) groups excluding carboxylic acids is 4. The smallest absolute Gasteiger partial charge is 0.320 e. The van der Waals surface area contributed by atoms with Gasteiger partial charge in [-0.15, -0.1) is 0 Å². The SMILES string of the molecule is CCc1c2[nH]c(c1C=O)/C=c1\[nH]/c(c(C)c1CC)=C\C1=C(C)[C@H](CCC(=O)OC)C(N1)C1=c3[nH]/c(c(C)c3C(=O)[C@@H]1C(=O)OC)=C\2. The molecule has 0 aromatic carbocycles. The van der Waals surface area contributed by atoms with Gasteiger partial charge in [0, 0.05) is 50.9 Å².